The summed E-state index contributed by atoms with van der Waals surface area (Å²) in [6.45, 7) is 0. The van der Waals surface area contributed by atoms with E-state index in [0.717, 1.165) is 0 Å². The molecule has 0 spiro atoms. The molecule has 0 aliphatic carbocycles. The van der Waals surface area contributed by atoms with Gasteiger partial charge in [0.05, 0.1) is 0 Å². The molecule has 0 atom stereocenters. The van der Waals surface area contributed by atoms with Crippen molar-refractivity contribution >= 4 is 35.8 Å². The zero-order valence-electron chi connectivity index (χ0n) is 8.80. The van der Waals surface area contributed by atoms with Gasteiger partial charge in [-0.2, -0.15) is 0 Å². The van der Waals surface area contributed by atoms with Crippen molar-refractivity contribution in [2.75, 3.05) is 0 Å². The molecular weight excluding hydrogens is 648 g/mol. The van der Waals surface area contributed by atoms with Gasteiger partial charge in [0.1, 0.15) is 0 Å². The largest absolute Gasteiger partial charge is 0.473 e. The van der Waals surface area contributed by atoms with Crippen LogP contribution in [-0.4, -0.2) is 66.5 Å². The molecule has 20 heavy (non-hydrogen) atoms. The second-order valence-corrected chi connectivity index (χ2v) is 1.83. The molecule has 0 fully saturated rings. The third-order valence-electron chi connectivity index (χ3n) is 0.549. The Balaban J connectivity index is -0.0000000536. The first-order valence-electron chi connectivity index (χ1n) is 3.32. The first-order chi connectivity index (χ1) is 7.93. The van der Waals surface area contributed by atoms with E-state index in [9.17, 15) is 0 Å². The number of aliphatic carboxylic acids is 6. The van der Waals surface area contributed by atoms with Crippen LogP contribution in [0.2, 0.25) is 0 Å². The van der Waals surface area contributed by atoms with Crippen molar-refractivity contribution in [3.05, 3.63) is 0 Å². The molecule has 0 heterocycles. The Kier molecular flexibility index (Phi) is 26.4. The molecule has 6 N–H and O–H groups in total. The van der Waals surface area contributed by atoms with E-state index in [0.29, 0.717) is 0 Å². The summed E-state index contributed by atoms with van der Waals surface area (Å²) < 4.78 is 0. The van der Waals surface area contributed by atoms with Crippen LogP contribution < -0.4 is 0 Å². The molecule has 120 valence electrons. The molecule has 2 radical (unpaired) electrons. The summed E-state index contributed by atoms with van der Waals surface area (Å²) >= 11 is 0. The molecule has 0 saturated carbocycles. The zero-order chi connectivity index (χ0) is 15.5. The summed E-state index contributed by atoms with van der Waals surface area (Å²) in [5.41, 5.74) is 0. The molecule has 0 bridgehead atoms. The van der Waals surface area contributed by atoms with Crippen LogP contribution in [0.4, 0.5) is 0 Å². The minimum Gasteiger partial charge on any atom is -0.473 e. The number of hydrogen-bond donors (Lipinski definition) is 6. The number of carboxylic acids is 6. The SMILES string of the molecule is O=C(O)C(=O)O.O=C(O)C(=O)O.O=C(O)C(=O)O.[Ir].[Ir]. The molecule has 0 aromatic carbocycles. The van der Waals surface area contributed by atoms with Gasteiger partial charge in [-0.25, -0.2) is 28.8 Å². The van der Waals surface area contributed by atoms with Gasteiger partial charge in [0.15, 0.2) is 0 Å². The molecular formula is C6H6Ir2O12. The fourth-order valence-electron chi connectivity index (χ4n) is 0. The fraction of sp³-hybridized carbons (Fsp3) is 0. The van der Waals surface area contributed by atoms with Gasteiger partial charge in [0.25, 0.3) is 0 Å². The second kappa shape index (κ2) is 17.1. The Labute approximate surface area is 135 Å². The maximum atomic E-state index is 9.10. The second-order valence-electron chi connectivity index (χ2n) is 1.83. The predicted octanol–water partition coefficient (Wildman–Crippen LogP) is -2.54. The Hall–Kier alpha value is -1.88. The summed E-state index contributed by atoms with van der Waals surface area (Å²) in [7, 11) is 0. The zero-order valence-corrected chi connectivity index (χ0v) is 13.6. The van der Waals surface area contributed by atoms with E-state index in [1.165, 1.54) is 0 Å². The summed E-state index contributed by atoms with van der Waals surface area (Å²) in [6, 6.07) is 0. The summed E-state index contributed by atoms with van der Waals surface area (Å²) in [4.78, 5) is 54.6. The Morgan fingerprint density at radius 1 is 0.350 bits per heavy atom. The Bertz CT molecular complexity index is 281. The fourth-order valence-corrected chi connectivity index (χ4v) is 0. The van der Waals surface area contributed by atoms with Gasteiger partial charge in [-0.1, -0.05) is 0 Å². The molecule has 14 heteroatoms. The molecule has 0 aromatic heterocycles. The average Bonchev–Trinajstić information content (AvgIpc) is 2.18. The van der Waals surface area contributed by atoms with E-state index >= 15 is 0 Å². The predicted molar refractivity (Wildman–Crippen MR) is 45.8 cm³/mol. The summed E-state index contributed by atoms with van der Waals surface area (Å²) in [5.74, 6) is -10.9. The molecule has 12 nitrogen and oxygen atoms in total. The van der Waals surface area contributed by atoms with Crippen molar-refractivity contribution < 1.29 is 99.6 Å². The minimum atomic E-state index is -1.82. The van der Waals surface area contributed by atoms with Crippen molar-refractivity contribution in [1.82, 2.24) is 0 Å². The van der Waals surface area contributed by atoms with Crippen LogP contribution in [0.25, 0.3) is 0 Å². The third-order valence-corrected chi connectivity index (χ3v) is 0.549. The van der Waals surface area contributed by atoms with Gasteiger partial charge in [0, 0.05) is 40.2 Å². The number of rotatable bonds is 0. The van der Waals surface area contributed by atoms with E-state index in [4.69, 9.17) is 59.4 Å². The third kappa shape index (κ3) is 36.0. The smallest absolute Gasteiger partial charge is 0.414 e. The number of hydrogen-bond acceptors (Lipinski definition) is 6. The molecule has 0 rings (SSSR count). The number of carboxylic acid groups (broad SMARTS) is 6. The van der Waals surface area contributed by atoms with Gasteiger partial charge >= 0.3 is 35.8 Å². The quantitative estimate of drug-likeness (QED) is 0.149. The van der Waals surface area contributed by atoms with Crippen LogP contribution in [-0.2, 0) is 69.0 Å². The number of carbonyl (C=O) groups is 6. The Morgan fingerprint density at radius 3 is 0.400 bits per heavy atom. The van der Waals surface area contributed by atoms with Crippen LogP contribution >= 0.6 is 0 Å². The summed E-state index contributed by atoms with van der Waals surface area (Å²) in [6.07, 6.45) is 0. The van der Waals surface area contributed by atoms with Crippen molar-refractivity contribution in [3.63, 3.8) is 0 Å². The van der Waals surface area contributed by atoms with Crippen molar-refractivity contribution in [2.45, 2.75) is 0 Å². The first-order valence-corrected chi connectivity index (χ1v) is 3.32. The topological polar surface area (TPSA) is 224 Å². The van der Waals surface area contributed by atoms with Gasteiger partial charge in [0.2, 0.25) is 0 Å². The van der Waals surface area contributed by atoms with Gasteiger partial charge < -0.3 is 30.6 Å². The van der Waals surface area contributed by atoms with Crippen molar-refractivity contribution in [1.29, 1.82) is 0 Å². The molecule has 0 amide bonds. The van der Waals surface area contributed by atoms with E-state index in [1.807, 2.05) is 0 Å². The summed E-state index contributed by atoms with van der Waals surface area (Å²) in [5, 5.41) is 44.3. The van der Waals surface area contributed by atoms with Gasteiger partial charge in [-0.05, 0) is 0 Å². The molecule has 0 aromatic rings. The molecule has 0 saturated heterocycles. The van der Waals surface area contributed by atoms with Crippen LogP contribution in [0.3, 0.4) is 0 Å². The van der Waals surface area contributed by atoms with Crippen LogP contribution in [0.5, 0.6) is 0 Å². The van der Waals surface area contributed by atoms with Gasteiger partial charge in [-0.3, -0.25) is 0 Å². The van der Waals surface area contributed by atoms with E-state index in [1.54, 1.807) is 0 Å². The Morgan fingerprint density at radius 2 is 0.400 bits per heavy atom. The minimum absolute atomic E-state index is 0. The van der Waals surface area contributed by atoms with E-state index < -0.39 is 35.8 Å². The normalized spacial score (nSPS) is 6.60. The van der Waals surface area contributed by atoms with E-state index in [-0.39, 0.29) is 40.2 Å². The first kappa shape index (κ1) is 30.9. The molecule has 0 aliphatic heterocycles. The van der Waals surface area contributed by atoms with Crippen LogP contribution in [0, 0.1) is 0 Å². The van der Waals surface area contributed by atoms with Crippen molar-refractivity contribution in [3.8, 4) is 0 Å². The monoisotopic (exact) mass is 656 g/mol. The van der Waals surface area contributed by atoms with Crippen molar-refractivity contribution in [2.24, 2.45) is 0 Å². The van der Waals surface area contributed by atoms with Crippen LogP contribution in [0.1, 0.15) is 0 Å². The maximum Gasteiger partial charge on any atom is 0.414 e. The molecule has 0 aliphatic rings. The standard InChI is InChI=1S/3C2H2O4.2Ir/c3*3-1(4)2(5)6;;/h3*(H,3,4)(H,5,6);;. The van der Waals surface area contributed by atoms with Crippen LogP contribution in [0.15, 0.2) is 0 Å². The molecule has 0 unspecified atom stereocenters. The average molecular weight is 655 g/mol. The van der Waals surface area contributed by atoms with E-state index in [2.05, 4.69) is 0 Å². The maximum absolute atomic E-state index is 9.10. The van der Waals surface area contributed by atoms with Gasteiger partial charge in [-0.15, -0.1) is 0 Å².